The molecule has 3 unspecified atom stereocenters. The molecule has 0 aromatic rings. The van der Waals surface area contributed by atoms with Gasteiger partial charge in [-0.05, 0) is 182 Å². The van der Waals surface area contributed by atoms with Crippen LogP contribution >= 0.6 is 0 Å². The predicted molar refractivity (Wildman–Crippen MR) is 271 cm³/mol. The Bertz CT molecular complexity index is 1530. The van der Waals surface area contributed by atoms with Crippen molar-refractivity contribution in [3.05, 3.63) is 23.8 Å². The van der Waals surface area contributed by atoms with Crippen LogP contribution in [0.25, 0.3) is 0 Å². The quantitative estimate of drug-likeness (QED) is 0.108. The van der Waals surface area contributed by atoms with Gasteiger partial charge in [-0.15, -0.1) is 0 Å². The molecule has 0 amide bonds. The van der Waals surface area contributed by atoms with Crippen LogP contribution in [0.1, 0.15) is 130 Å². The molecule has 0 aromatic heterocycles. The summed E-state index contributed by atoms with van der Waals surface area (Å²) in [5, 5.41) is 54.7. The first-order valence-corrected chi connectivity index (χ1v) is 27.4. The third-order valence-corrected chi connectivity index (χ3v) is 16.4. The van der Waals surface area contributed by atoms with Gasteiger partial charge in [0.25, 0.3) is 0 Å². The molecule has 15 nitrogen and oxygen atoms in total. The maximum atomic E-state index is 14.9. The van der Waals surface area contributed by atoms with Crippen molar-refractivity contribution in [2.45, 2.75) is 185 Å². The van der Waals surface area contributed by atoms with E-state index in [0.717, 1.165) is 83.4 Å². The van der Waals surface area contributed by atoms with Gasteiger partial charge in [0.2, 0.25) is 0 Å². The summed E-state index contributed by atoms with van der Waals surface area (Å²) < 4.78 is 18.6. The van der Waals surface area contributed by atoms with Crippen LogP contribution in [0.3, 0.4) is 0 Å². The molecule has 5 N–H and O–H groups in total. The number of esters is 1. The summed E-state index contributed by atoms with van der Waals surface area (Å²) in [6.45, 7) is 15.9. The van der Waals surface area contributed by atoms with Gasteiger partial charge in [0.05, 0.1) is 57.2 Å². The van der Waals surface area contributed by atoms with Gasteiger partial charge in [0, 0.05) is 49.6 Å². The number of aliphatic hydroxyl groups excluding tert-OH is 5. The monoisotopic (exact) mass is 976 g/mol. The minimum Gasteiger partial charge on any atom is -0.465 e. The molecule has 0 saturated carbocycles. The fraction of sp³-hybridized carbons (Fsp3) is 0.889. The zero-order valence-electron chi connectivity index (χ0n) is 43.8. The van der Waals surface area contributed by atoms with E-state index in [1.165, 1.54) is 19.3 Å². The number of hydrogen-bond donors (Lipinski definition) is 5. The third kappa shape index (κ3) is 18.5. The smallest absolute Gasteiger partial charge is 0.308 e. The maximum Gasteiger partial charge on any atom is 0.308 e. The second-order valence-electron chi connectivity index (χ2n) is 22.0. The van der Waals surface area contributed by atoms with E-state index in [9.17, 15) is 35.1 Å². The lowest BCUT2D eigenvalue weighted by Crippen LogP contribution is -2.62. The molecule has 69 heavy (non-hydrogen) atoms. The SMILES string of the molecule is CC(CC1=C\[C@H](CN(CCO)CCO)COC(=O)C[C@@H](O)[C@@H](CC(C)N2CCCCC2)[C@H](CCO[C@@H]2O[C@H](C)[C@@H](O)[C@H](N(C)C)[C@H]2O)CC[C@H](CC(C)N2CCCCC2)C(=O)\C=C\1)N1CCCCC1. The number of carbonyl (C=O) groups excluding carboxylic acids is 2. The van der Waals surface area contributed by atoms with Crippen LogP contribution in [0.4, 0.5) is 0 Å². The number of piperidine rings is 3. The highest BCUT2D eigenvalue weighted by Gasteiger charge is 2.45. The van der Waals surface area contributed by atoms with E-state index >= 15 is 0 Å². The summed E-state index contributed by atoms with van der Waals surface area (Å²) >= 11 is 0. The Balaban J connectivity index is 1.51. The fourth-order valence-corrected chi connectivity index (χ4v) is 12.2. The van der Waals surface area contributed by atoms with Gasteiger partial charge in [-0.3, -0.25) is 14.5 Å². The molecule has 0 aromatic carbocycles. The third-order valence-electron chi connectivity index (χ3n) is 16.4. The van der Waals surface area contributed by atoms with Crippen molar-refractivity contribution < 1.29 is 49.3 Å². The van der Waals surface area contributed by atoms with E-state index in [2.05, 4.69) is 41.5 Å². The number of likely N-dealkylation sites (N-methyl/N-ethyl adjacent to an activating group) is 1. The molecule has 5 aliphatic heterocycles. The Morgan fingerprint density at radius 1 is 0.754 bits per heavy atom. The summed E-state index contributed by atoms with van der Waals surface area (Å²) in [4.78, 5) is 40.4. The predicted octanol–water partition coefficient (Wildman–Crippen LogP) is 4.47. The van der Waals surface area contributed by atoms with Gasteiger partial charge in [-0.1, -0.05) is 31.4 Å². The molecule has 0 spiro atoms. The van der Waals surface area contributed by atoms with Crippen LogP contribution in [0.2, 0.25) is 0 Å². The zero-order chi connectivity index (χ0) is 49.9. The van der Waals surface area contributed by atoms with Crippen LogP contribution in [0.5, 0.6) is 0 Å². The average molecular weight is 976 g/mol. The molecular weight excluding hydrogens is 879 g/mol. The lowest BCUT2D eigenvalue weighted by molar-refractivity contribution is -0.281. The summed E-state index contributed by atoms with van der Waals surface area (Å²) in [6.07, 6.45) is 15.6. The summed E-state index contributed by atoms with van der Waals surface area (Å²) in [5.41, 5.74) is 0.998. The van der Waals surface area contributed by atoms with E-state index < -0.39 is 42.7 Å². The first kappa shape index (κ1) is 58.0. The van der Waals surface area contributed by atoms with Crippen LogP contribution in [-0.2, 0) is 23.8 Å². The standard InChI is InChI=1S/C54H97N5O10/c1-39(57-21-10-7-11-22-57)32-43-16-19-48(62)46(33-40(2)58-23-12-8-13-24-58)18-17-45(20-31-67-54-53(66)51(55(5)6)52(65)42(4)69-54)47(34-41(3)59-25-14-9-15-26-59)49(63)36-50(64)68-38-44(35-43)37-56(27-29-60)28-30-61/h16,19,35,39-42,44-47,49,51-54,60-61,63,65-66H,7-15,17-18,20-34,36-38H2,1-6H3/b19-16+,43-35-/t39?,40?,41?,42-,44-,45+,46-,47+,49-,51+,52-,53-,54-/m1/s1. The van der Waals surface area contributed by atoms with Gasteiger partial charge in [-0.2, -0.15) is 0 Å². The van der Waals surface area contributed by atoms with Crippen molar-refractivity contribution >= 4 is 11.8 Å². The molecule has 4 fully saturated rings. The number of likely N-dealkylation sites (tertiary alicyclic amines) is 3. The highest BCUT2D eigenvalue weighted by Crippen LogP contribution is 2.36. The highest BCUT2D eigenvalue weighted by molar-refractivity contribution is 5.92. The molecule has 0 aliphatic carbocycles. The van der Waals surface area contributed by atoms with E-state index in [4.69, 9.17) is 14.2 Å². The topological polar surface area (TPSA) is 179 Å². The number of allylic oxidation sites excluding steroid dienone is 2. The van der Waals surface area contributed by atoms with Gasteiger partial charge in [-0.25, -0.2) is 0 Å². The second kappa shape index (κ2) is 30.4. The van der Waals surface area contributed by atoms with E-state index in [1.54, 1.807) is 17.9 Å². The minimum absolute atomic E-state index is 0.0508. The summed E-state index contributed by atoms with van der Waals surface area (Å²) in [6, 6.07) is 0.00949. The Labute approximate surface area is 416 Å². The zero-order valence-corrected chi connectivity index (χ0v) is 43.8. The number of ketones is 1. The minimum atomic E-state index is -1.09. The molecule has 15 heteroatoms. The largest absolute Gasteiger partial charge is 0.465 e. The molecule has 0 radical (unpaired) electrons. The molecular formula is C54H97N5O10. The Kier molecular flexibility index (Phi) is 25.5. The van der Waals surface area contributed by atoms with Gasteiger partial charge < -0.3 is 59.3 Å². The Morgan fingerprint density at radius 2 is 1.32 bits per heavy atom. The van der Waals surface area contributed by atoms with E-state index in [1.807, 2.05) is 25.1 Å². The van der Waals surface area contributed by atoms with Gasteiger partial charge >= 0.3 is 5.97 Å². The lowest BCUT2D eigenvalue weighted by Gasteiger charge is -2.44. The average Bonchev–Trinajstić information content (AvgIpc) is 3.34. The van der Waals surface area contributed by atoms with Crippen molar-refractivity contribution in [2.75, 3.05) is 99.4 Å². The van der Waals surface area contributed by atoms with Crippen LogP contribution in [-0.4, -0.2) is 216 Å². The number of aliphatic hydroxyl groups is 5. The molecule has 13 atom stereocenters. The van der Waals surface area contributed by atoms with Crippen LogP contribution < -0.4 is 0 Å². The molecule has 5 aliphatic rings. The van der Waals surface area contributed by atoms with Crippen molar-refractivity contribution in [1.82, 2.24) is 24.5 Å². The molecule has 0 bridgehead atoms. The Hall–Kier alpha value is -1.86. The molecule has 398 valence electrons. The molecule has 4 saturated heterocycles. The number of carbonyl (C=O) groups is 2. The molecule has 5 rings (SSSR count). The first-order valence-electron chi connectivity index (χ1n) is 27.4. The highest BCUT2D eigenvalue weighted by atomic mass is 16.7. The first-order chi connectivity index (χ1) is 33.2. The van der Waals surface area contributed by atoms with Crippen LogP contribution in [0.15, 0.2) is 23.8 Å². The van der Waals surface area contributed by atoms with Crippen molar-refractivity contribution in [1.29, 1.82) is 0 Å². The number of nitrogens with zero attached hydrogens (tertiary/aromatic N) is 5. The number of cyclic esters (lactones) is 1. The fourth-order valence-electron chi connectivity index (χ4n) is 12.2. The van der Waals surface area contributed by atoms with Crippen LogP contribution in [0, 0.1) is 23.7 Å². The maximum absolute atomic E-state index is 14.9. The Morgan fingerprint density at radius 3 is 1.88 bits per heavy atom. The molecule has 5 heterocycles. The lowest BCUT2D eigenvalue weighted by atomic mass is 9.75. The second-order valence-corrected chi connectivity index (χ2v) is 22.0. The van der Waals surface area contributed by atoms with Crippen molar-refractivity contribution in [3.8, 4) is 0 Å². The van der Waals surface area contributed by atoms with Gasteiger partial charge in [0.15, 0.2) is 12.1 Å². The van der Waals surface area contributed by atoms with E-state index in [0.29, 0.717) is 58.2 Å². The number of hydrogen-bond acceptors (Lipinski definition) is 15. The number of rotatable bonds is 20. The summed E-state index contributed by atoms with van der Waals surface area (Å²) in [7, 11) is 3.64. The van der Waals surface area contributed by atoms with Crippen molar-refractivity contribution in [2.24, 2.45) is 23.7 Å². The van der Waals surface area contributed by atoms with Gasteiger partial charge in [0.1, 0.15) is 6.10 Å². The van der Waals surface area contributed by atoms with Crippen molar-refractivity contribution in [3.63, 3.8) is 0 Å². The normalized spacial score (nSPS) is 34.2. The summed E-state index contributed by atoms with van der Waals surface area (Å²) in [5.74, 6) is -1.43. The van der Waals surface area contributed by atoms with E-state index in [-0.39, 0.29) is 80.4 Å². The number of ether oxygens (including phenoxy) is 3.